The number of benzene rings is 4. The summed E-state index contributed by atoms with van der Waals surface area (Å²) in [4.78, 5) is 18.8. The topological polar surface area (TPSA) is 74.9 Å². The Balaban J connectivity index is 1.62. The molecule has 5 aromatic rings. The third-order valence-corrected chi connectivity index (χ3v) is 8.08. The fraction of sp³-hybridized carbons (Fsp3) is 0.216. The molecule has 1 aromatic heterocycles. The van der Waals surface area contributed by atoms with Crippen molar-refractivity contribution in [3.05, 3.63) is 128 Å². The van der Waals surface area contributed by atoms with E-state index in [-0.39, 0.29) is 11.5 Å². The van der Waals surface area contributed by atoms with Gasteiger partial charge in [-0.05, 0) is 90.0 Å². The van der Waals surface area contributed by atoms with Crippen molar-refractivity contribution < 1.29 is 14.2 Å². The van der Waals surface area contributed by atoms with Crippen molar-refractivity contribution in [2.24, 2.45) is 5.10 Å². The van der Waals surface area contributed by atoms with Gasteiger partial charge in [-0.3, -0.25) is 4.79 Å². The number of ether oxygens (including phenoxy) is 3. The second-order valence-electron chi connectivity index (χ2n) is 11.0. The van der Waals surface area contributed by atoms with Gasteiger partial charge in [0, 0.05) is 15.6 Å². The molecule has 0 unspecified atom stereocenters. The first-order chi connectivity index (χ1) is 21.7. The minimum absolute atomic E-state index is 0.198. The van der Waals surface area contributed by atoms with Crippen LogP contribution in [-0.2, 0) is 13.0 Å². The third-order valence-electron chi connectivity index (χ3n) is 7.55. The van der Waals surface area contributed by atoms with Gasteiger partial charge in [0.05, 0.1) is 31.3 Å². The molecule has 0 spiro atoms. The molecule has 45 heavy (non-hydrogen) atoms. The number of methoxy groups -OCH3 is 2. The van der Waals surface area contributed by atoms with Crippen molar-refractivity contribution >= 4 is 33.0 Å². The molecule has 5 rings (SSSR count). The molecule has 0 aliphatic carbocycles. The van der Waals surface area contributed by atoms with E-state index in [1.165, 1.54) is 4.68 Å². The molecule has 0 amide bonds. The highest BCUT2D eigenvalue weighted by Crippen LogP contribution is 2.35. The largest absolute Gasteiger partial charge is 0.496 e. The second kappa shape index (κ2) is 13.9. The summed E-state index contributed by atoms with van der Waals surface area (Å²) in [5.41, 5.74) is 5.74. The van der Waals surface area contributed by atoms with E-state index in [2.05, 4.69) is 36.4 Å². The number of aryl methyl sites for hydroxylation is 1. The summed E-state index contributed by atoms with van der Waals surface area (Å²) in [5.74, 6) is 2.64. The number of para-hydroxylation sites is 1. The van der Waals surface area contributed by atoms with Crippen LogP contribution in [0.2, 0.25) is 0 Å². The Kier molecular flexibility index (Phi) is 9.83. The van der Waals surface area contributed by atoms with Crippen molar-refractivity contribution in [3.8, 4) is 28.6 Å². The van der Waals surface area contributed by atoms with E-state index < -0.39 is 0 Å². The minimum Gasteiger partial charge on any atom is -0.496 e. The molecule has 230 valence electrons. The van der Waals surface area contributed by atoms with Gasteiger partial charge in [0.25, 0.3) is 5.56 Å². The summed E-state index contributed by atoms with van der Waals surface area (Å²) in [5, 5.41) is 5.21. The van der Waals surface area contributed by atoms with Crippen LogP contribution in [0.25, 0.3) is 22.3 Å². The Morgan fingerprint density at radius 1 is 1.00 bits per heavy atom. The van der Waals surface area contributed by atoms with Crippen molar-refractivity contribution in [2.75, 3.05) is 14.2 Å². The Morgan fingerprint density at radius 3 is 2.42 bits per heavy atom. The number of hydrogen-bond acceptors (Lipinski definition) is 6. The van der Waals surface area contributed by atoms with Crippen LogP contribution in [0.1, 0.15) is 47.6 Å². The molecule has 0 atom stereocenters. The molecule has 0 saturated heterocycles. The molecule has 1 heterocycles. The minimum atomic E-state index is -0.263. The molecule has 0 N–H and O–H groups in total. The number of nitrogens with zero attached hydrogens (tertiary/aromatic N) is 3. The van der Waals surface area contributed by atoms with E-state index in [0.29, 0.717) is 41.3 Å². The van der Waals surface area contributed by atoms with Crippen LogP contribution in [0.15, 0.2) is 99.8 Å². The Morgan fingerprint density at radius 2 is 1.73 bits per heavy atom. The number of allylic oxidation sites excluding steroid dienone is 1. The summed E-state index contributed by atoms with van der Waals surface area (Å²) >= 11 is 3.47. The normalized spacial score (nSPS) is 11.4. The van der Waals surface area contributed by atoms with Crippen LogP contribution in [-0.4, -0.2) is 30.1 Å². The third kappa shape index (κ3) is 6.86. The van der Waals surface area contributed by atoms with Crippen LogP contribution in [0, 0.1) is 6.92 Å². The quantitative estimate of drug-likeness (QED) is 0.105. The number of halogens is 1. The highest BCUT2D eigenvalue weighted by Gasteiger charge is 2.19. The second-order valence-corrected chi connectivity index (χ2v) is 11.9. The predicted octanol–water partition coefficient (Wildman–Crippen LogP) is 8.46. The molecule has 7 nitrogen and oxygen atoms in total. The molecule has 0 fully saturated rings. The molecular weight excluding hydrogens is 630 g/mol. The average Bonchev–Trinajstić information content (AvgIpc) is 3.04. The van der Waals surface area contributed by atoms with E-state index in [1.54, 1.807) is 26.5 Å². The van der Waals surface area contributed by atoms with Gasteiger partial charge in [0.1, 0.15) is 12.4 Å². The van der Waals surface area contributed by atoms with Gasteiger partial charge in [0.15, 0.2) is 17.3 Å². The van der Waals surface area contributed by atoms with E-state index in [4.69, 9.17) is 24.3 Å². The average molecular weight is 667 g/mol. The lowest BCUT2D eigenvalue weighted by Crippen LogP contribution is -2.21. The van der Waals surface area contributed by atoms with Gasteiger partial charge in [-0.15, -0.1) is 6.58 Å². The fourth-order valence-corrected chi connectivity index (χ4v) is 5.48. The lowest BCUT2D eigenvalue weighted by Gasteiger charge is -2.17. The molecule has 0 aliphatic heterocycles. The van der Waals surface area contributed by atoms with Crippen LogP contribution in [0.4, 0.5) is 0 Å². The SMILES string of the molecule is C=CCc1cc(C=Nn2c(-c3cc(C(C)C)c(OC)cc3C)nc3ccccc3c2=O)cc(OC)c1OCc1ccc(Br)cc1. The summed E-state index contributed by atoms with van der Waals surface area (Å²) in [7, 11) is 3.27. The van der Waals surface area contributed by atoms with Gasteiger partial charge in [0.2, 0.25) is 0 Å². The maximum Gasteiger partial charge on any atom is 0.282 e. The number of rotatable bonds is 11. The highest BCUT2D eigenvalue weighted by molar-refractivity contribution is 9.10. The molecule has 0 saturated carbocycles. The summed E-state index contributed by atoms with van der Waals surface area (Å²) in [6, 6.07) is 23.1. The summed E-state index contributed by atoms with van der Waals surface area (Å²) in [6.45, 7) is 10.5. The van der Waals surface area contributed by atoms with E-state index in [0.717, 1.165) is 43.6 Å². The molecule has 0 aliphatic rings. The van der Waals surface area contributed by atoms with Crippen LogP contribution in [0.3, 0.4) is 0 Å². The fourth-order valence-electron chi connectivity index (χ4n) is 5.21. The maximum absolute atomic E-state index is 13.9. The van der Waals surface area contributed by atoms with Crippen LogP contribution >= 0.6 is 15.9 Å². The van der Waals surface area contributed by atoms with Crippen molar-refractivity contribution in [1.29, 1.82) is 0 Å². The first-order valence-electron chi connectivity index (χ1n) is 14.7. The Bertz CT molecular complexity index is 1950. The Hall–Kier alpha value is -4.69. The maximum atomic E-state index is 13.9. The standard InChI is InChI=1S/C37H36BrN3O4/c1-7-10-27-18-26(19-34(44-6)35(27)45-22-25-13-15-28(38)16-14-25)21-39-41-36(40-32-12-9-8-11-29(32)37(41)42)31-20-30(23(2)3)33(43-5)17-24(31)4/h7-9,11-21,23H,1,10,22H2,2-6H3. The van der Waals surface area contributed by atoms with Crippen molar-refractivity contribution in [2.45, 2.75) is 39.7 Å². The number of hydrogen-bond donors (Lipinski definition) is 0. The molecular formula is C37H36BrN3O4. The molecule has 4 aromatic carbocycles. The predicted molar refractivity (Wildman–Crippen MR) is 185 cm³/mol. The van der Waals surface area contributed by atoms with E-state index in [1.807, 2.05) is 79.7 Å². The molecule has 8 heteroatoms. The smallest absolute Gasteiger partial charge is 0.282 e. The monoisotopic (exact) mass is 665 g/mol. The first kappa shape index (κ1) is 31.7. The zero-order chi connectivity index (χ0) is 32.1. The van der Waals surface area contributed by atoms with Crippen molar-refractivity contribution in [1.82, 2.24) is 9.66 Å². The van der Waals surface area contributed by atoms with Crippen LogP contribution < -0.4 is 19.8 Å². The van der Waals surface area contributed by atoms with Crippen LogP contribution in [0.5, 0.6) is 17.2 Å². The lowest BCUT2D eigenvalue weighted by atomic mass is 9.96. The van der Waals surface area contributed by atoms with Gasteiger partial charge < -0.3 is 14.2 Å². The van der Waals surface area contributed by atoms with Gasteiger partial charge in [-0.1, -0.05) is 60.1 Å². The first-order valence-corrected chi connectivity index (χ1v) is 15.5. The van der Waals surface area contributed by atoms with Gasteiger partial charge in [-0.25, -0.2) is 4.98 Å². The lowest BCUT2D eigenvalue weighted by molar-refractivity contribution is 0.282. The highest BCUT2D eigenvalue weighted by atomic mass is 79.9. The van der Waals surface area contributed by atoms with Gasteiger partial charge in [-0.2, -0.15) is 9.78 Å². The van der Waals surface area contributed by atoms with E-state index >= 15 is 0 Å². The summed E-state index contributed by atoms with van der Waals surface area (Å²) in [6.07, 6.45) is 4.02. The van der Waals surface area contributed by atoms with Crippen molar-refractivity contribution in [3.63, 3.8) is 0 Å². The Labute approximate surface area is 271 Å². The van der Waals surface area contributed by atoms with Gasteiger partial charge >= 0.3 is 0 Å². The molecule has 0 radical (unpaired) electrons. The van der Waals surface area contributed by atoms with E-state index in [9.17, 15) is 4.79 Å². The summed E-state index contributed by atoms with van der Waals surface area (Å²) < 4.78 is 20.1. The number of aromatic nitrogens is 2. The zero-order valence-corrected chi connectivity index (χ0v) is 27.7. The number of fused-ring (bicyclic) bond motifs is 1. The zero-order valence-electron chi connectivity index (χ0n) is 26.1. The molecule has 0 bridgehead atoms.